The van der Waals surface area contributed by atoms with Gasteiger partial charge in [0.1, 0.15) is 0 Å². The van der Waals surface area contributed by atoms with Crippen molar-refractivity contribution in [3.05, 3.63) is 22.9 Å². The van der Waals surface area contributed by atoms with E-state index in [4.69, 9.17) is 0 Å². The molecule has 0 aromatic carbocycles. The van der Waals surface area contributed by atoms with Crippen LogP contribution in [0.3, 0.4) is 0 Å². The van der Waals surface area contributed by atoms with Crippen molar-refractivity contribution >= 4 is 0 Å². The summed E-state index contributed by atoms with van der Waals surface area (Å²) in [5, 5.41) is 3.45. The second kappa shape index (κ2) is 6.05. The zero-order valence-electron chi connectivity index (χ0n) is 11.5. The van der Waals surface area contributed by atoms with Gasteiger partial charge in [0.2, 0.25) is 0 Å². The molecule has 1 aromatic rings. The summed E-state index contributed by atoms with van der Waals surface area (Å²) in [6, 6.07) is 0. The Labute approximate surface area is 104 Å². The number of hydrogen-bond acceptors (Lipinski definition) is 2. The van der Waals surface area contributed by atoms with Crippen molar-refractivity contribution in [3.8, 4) is 0 Å². The summed E-state index contributed by atoms with van der Waals surface area (Å²) >= 11 is 0. The van der Waals surface area contributed by atoms with Crippen LogP contribution in [0.5, 0.6) is 0 Å². The first-order valence-electron chi connectivity index (χ1n) is 6.44. The minimum atomic E-state index is 0.108. The molecule has 1 N–H and O–H groups in total. The Morgan fingerprint density at radius 3 is 2.35 bits per heavy atom. The minimum absolute atomic E-state index is 0.108. The summed E-state index contributed by atoms with van der Waals surface area (Å²) in [5.74, 6) is 0. The van der Waals surface area contributed by atoms with E-state index in [1.54, 1.807) is 9.13 Å². The Hall–Kier alpha value is -1.03. The predicted octanol–water partition coefficient (Wildman–Crippen LogP) is 1.84. The van der Waals surface area contributed by atoms with Crippen LogP contribution in [-0.2, 0) is 13.1 Å². The fourth-order valence-corrected chi connectivity index (χ4v) is 1.73. The van der Waals surface area contributed by atoms with E-state index in [0.717, 1.165) is 32.5 Å². The summed E-state index contributed by atoms with van der Waals surface area (Å²) in [4.78, 5) is 11.7. The quantitative estimate of drug-likeness (QED) is 0.769. The molecule has 0 bridgehead atoms. The van der Waals surface area contributed by atoms with Crippen LogP contribution in [0.2, 0.25) is 0 Å². The average molecular weight is 239 g/mol. The van der Waals surface area contributed by atoms with Crippen LogP contribution in [0.15, 0.2) is 17.2 Å². The second-order valence-corrected chi connectivity index (χ2v) is 5.44. The van der Waals surface area contributed by atoms with Gasteiger partial charge in [-0.25, -0.2) is 4.79 Å². The molecule has 4 nitrogen and oxygen atoms in total. The van der Waals surface area contributed by atoms with Crippen molar-refractivity contribution in [1.82, 2.24) is 14.5 Å². The van der Waals surface area contributed by atoms with Gasteiger partial charge >= 0.3 is 5.69 Å². The van der Waals surface area contributed by atoms with Crippen LogP contribution >= 0.6 is 0 Å². The van der Waals surface area contributed by atoms with E-state index in [1.807, 2.05) is 19.3 Å². The summed E-state index contributed by atoms with van der Waals surface area (Å²) in [7, 11) is 0. The maximum absolute atomic E-state index is 11.7. The number of aromatic nitrogens is 2. The Kier molecular flexibility index (Phi) is 5.00. The Balaban J connectivity index is 2.27. The fraction of sp³-hybridized carbons (Fsp3) is 0.769. The first-order chi connectivity index (χ1) is 7.94. The molecule has 0 saturated heterocycles. The molecule has 1 aromatic heterocycles. The van der Waals surface area contributed by atoms with E-state index in [2.05, 4.69) is 26.1 Å². The molecule has 0 saturated carbocycles. The zero-order chi connectivity index (χ0) is 12.9. The van der Waals surface area contributed by atoms with Crippen LogP contribution in [0, 0.1) is 0 Å². The maximum Gasteiger partial charge on any atom is 0.328 e. The highest BCUT2D eigenvalue weighted by atomic mass is 16.1. The van der Waals surface area contributed by atoms with Crippen LogP contribution in [0.25, 0.3) is 0 Å². The first kappa shape index (κ1) is 14.0. The Morgan fingerprint density at radius 2 is 1.82 bits per heavy atom. The lowest BCUT2D eigenvalue weighted by atomic mass is 10.1. The molecular formula is C13H25N3O. The Bertz CT molecular complexity index is 384. The number of imidazole rings is 1. The third kappa shape index (κ3) is 4.77. The number of aryl methyl sites for hydroxylation is 2. The second-order valence-electron chi connectivity index (χ2n) is 5.44. The van der Waals surface area contributed by atoms with E-state index in [-0.39, 0.29) is 11.2 Å². The third-order valence-corrected chi connectivity index (χ3v) is 2.74. The van der Waals surface area contributed by atoms with E-state index in [9.17, 15) is 4.79 Å². The lowest BCUT2D eigenvalue weighted by Crippen LogP contribution is -2.36. The summed E-state index contributed by atoms with van der Waals surface area (Å²) < 4.78 is 3.52. The highest BCUT2D eigenvalue weighted by Crippen LogP contribution is 2.00. The number of unbranched alkanes of at least 4 members (excludes halogenated alkanes) is 1. The molecule has 0 radical (unpaired) electrons. The van der Waals surface area contributed by atoms with Crippen LogP contribution < -0.4 is 11.0 Å². The minimum Gasteiger partial charge on any atom is -0.312 e. The van der Waals surface area contributed by atoms with Gasteiger partial charge in [-0.2, -0.15) is 0 Å². The number of hydrogen-bond donors (Lipinski definition) is 1. The van der Waals surface area contributed by atoms with E-state index in [0.29, 0.717) is 0 Å². The smallest absolute Gasteiger partial charge is 0.312 e. The predicted molar refractivity (Wildman–Crippen MR) is 71.4 cm³/mol. The van der Waals surface area contributed by atoms with Crippen molar-refractivity contribution in [2.24, 2.45) is 0 Å². The zero-order valence-corrected chi connectivity index (χ0v) is 11.5. The molecule has 0 aliphatic heterocycles. The van der Waals surface area contributed by atoms with E-state index >= 15 is 0 Å². The molecule has 0 atom stereocenters. The normalized spacial score (nSPS) is 12.0. The van der Waals surface area contributed by atoms with Crippen molar-refractivity contribution in [2.45, 2.75) is 59.2 Å². The highest BCUT2D eigenvalue weighted by molar-refractivity contribution is 4.81. The van der Waals surface area contributed by atoms with Crippen LogP contribution in [-0.4, -0.2) is 21.2 Å². The van der Waals surface area contributed by atoms with Gasteiger partial charge in [0.25, 0.3) is 0 Å². The van der Waals surface area contributed by atoms with Crippen molar-refractivity contribution in [2.75, 3.05) is 6.54 Å². The Morgan fingerprint density at radius 1 is 1.18 bits per heavy atom. The van der Waals surface area contributed by atoms with Gasteiger partial charge in [-0.3, -0.25) is 9.13 Å². The molecule has 1 heterocycles. The van der Waals surface area contributed by atoms with Gasteiger partial charge in [0.15, 0.2) is 0 Å². The summed E-state index contributed by atoms with van der Waals surface area (Å²) in [6.07, 6.45) is 5.87. The van der Waals surface area contributed by atoms with Gasteiger partial charge in [0, 0.05) is 31.0 Å². The lowest BCUT2D eigenvalue weighted by Gasteiger charge is -2.20. The van der Waals surface area contributed by atoms with Crippen molar-refractivity contribution in [1.29, 1.82) is 0 Å². The lowest BCUT2D eigenvalue weighted by molar-refractivity contribution is 0.413. The molecule has 4 heteroatoms. The molecule has 0 fully saturated rings. The fourth-order valence-electron chi connectivity index (χ4n) is 1.73. The van der Waals surface area contributed by atoms with Gasteiger partial charge in [0.05, 0.1) is 0 Å². The van der Waals surface area contributed by atoms with E-state index < -0.39 is 0 Å². The number of nitrogens with zero attached hydrogens (tertiary/aromatic N) is 2. The largest absolute Gasteiger partial charge is 0.328 e. The van der Waals surface area contributed by atoms with Crippen molar-refractivity contribution < 1.29 is 0 Å². The molecule has 0 amide bonds. The van der Waals surface area contributed by atoms with Gasteiger partial charge < -0.3 is 5.32 Å². The maximum atomic E-state index is 11.7. The first-order valence-corrected chi connectivity index (χ1v) is 6.44. The van der Waals surface area contributed by atoms with E-state index in [1.165, 1.54) is 0 Å². The molecule has 0 unspecified atom stereocenters. The average Bonchev–Trinajstić information content (AvgIpc) is 2.58. The van der Waals surface area contributed by atoms with Crippen molar-refractivity contribution in [3.63, 3.8) is 0 Å². The van der Waals surface area contributed by atoms with Gasteiger partial charge in [-0.1, -0.05) is 0 Å². The van der Waals surface area contributed by atoms with Crippen LogP contribution in [0.1, 0.15) is 40.5 Å². The summed E-state index contributed by atoms with van der Waals surface area (Å²) in [6.45, 7) is 11.1. The molecule has 0 aliphatic rings. The molecular weight excluding hydrogens is 214 g/mol. The van der Waals surface area contributed by atoms with Gasteiger partial charge in [-0.05, 0) is 47.1 Å². The van der Waals surface area contributed by atoms with Crippen LogP contribution in [0.4, 0.5) is 0 Å². The molecule has 98 valence electrons. The topological polar surface area (TPSA) is 39.0 Å². The molecule has 1 rings (SSSR count). The molecule has 0 spiro atoms. The van der Waals surface area contributed by atoms with Gasteiger partial charge in [-0.15, -0.1) is 0 Å². The number of rotatable bonds is 6. The standard InChI is InChI=1S/C13H25N3O/c1-5-15-10-11-16(12(15)17)9-7-6-8-14-13(2,3)4/h10-11,14H,5-9H2,1-4H3. The molecule has 17 heavy (non-hydrogen) atoms. The molecule has 0 aliphatic carbocycles. The third-order valence-electron chi connectivity index (χ3n) is 2.74. The summed E-state index contributed by atoms with van der Waals surface area (Å²) in [5.41, 5.74) is 0.291. The monoisotopic (exact) mass is 239 g/mol. The highest BCUT2D eigenvalue weighted by Gasteiger charge is 2.07. The number of nitrogens with one attached hydrogen (secondary N) is 1. The SMILES string of the molecule is CCn1ccn(CCCCNC(C)(C)C)c1=O.